The fourth-order valence-electron chi connectivity index (χ4n) is 5.57. The molecule has 0 radical (unpaired) electrons. The van der Waals surface area contributed by atoms with Crippen molar-refractivity contribution in [2.45, 2.75) is 65.0 Å². The molecular formula is C33H35F3N6O4. The second-order valence-electron chi connectivity index (χ2n) is 12.5. The number of halogens is 3. The van der Waals surface area contributed by atoms with E-state index >= 15 is 0 Å². The van der Waals surface area contributed by atoms with Crippen molar-refractivity contribution in [2.24, 2.45) is 5.41 Å². The minimum Gasteiger partial charge on any atom is -0.391 e. The lowest BCUT2D eigenvalue weighted by molar-refractivity contribution is -0.142. The van der Waals surface area contributed by atoms with Crippen molar-refractivity contribution in [3.05, 3.63) is 89.6 Å². The first kappa shape index (κ1) is 32.6. The molecule has 2 aromatic heterocycles. The number of nitrogens with zero attached hydrogens (tertiary/aromatic N) is 4. The van der Waals surface area contributed by atoms with E-state index < -0.39 is 58.8 Å². The van der Waals surface area contributed by atoms with E-state index in [9.17, 15) is 32.7 Å². The molecule has 1 saturated heterocycles. The number of alkyl halides is 3. The van der Waals surface area contributed by atoms with Crippen LogP contribution in [0.25, 0.3) is 16.6 Å². The Morgan fingerprint density at radius 2 is 1.76 bits per heavy atom. The molecule has 1 aliphatic heterocycles. The highest BCUT2D eigenvalue weighted by molar-refractivity contribution is 6.02. The highest BCUT2D eigenvalue weighted by Gasteiger charge is 2.45. The van der Waals surface area contributed by atoms with Crippen molar-refractivity contribution >= 4 is 28.6 Å². The molecule has 3 amide bonds. The third kappa shape index (κ3) is 6.89. The smallest absolute Gasteiger partial charge is 0.391 e. The van der Waals surface area contributed by atoms with Crippen molar-refractivity contribution < 1.29 is 32.7 Å². The van der Waals surface area contributed by atoms with Gasteiger partial charge in [-0.25, -0.2) is 9.97 Å². The van der Waals surface area contributed by atoms with Gasteiger partial charge in [0, 0.05) is 43.0 Å². The Morgan fingerprint density at radius 3 is 2.39 bits per heavy atom. The second-order valence-corrected chi connectivity index (χ2v) is 12.5. The van der Waals surface area contributed by atoms with E-state index in [2.05, 4.69) is 20.6 Å². The number of pyridine rings is 1. The number of aromatic nitrogens is 3. The summed E-state index contributed by atoms with van der Waals surface area (Å²) < 4.78 is 43.9. The predicted octanol–water partition coefficient (Wildman–Crippen LogP) is 4.17. The van der Waals surface area contributed by atoms with Gasteiger partial charge in [-0.15, -0.1) is 0 Å². The normalized spacial score (nSPS) is 17.6. The summed E-state index contributed by atoms with van der Waals surface area (Å²) in [4.78, 5) is 49.8. The lowest BCUT2D eigenvalue weighted by Gasteiger charge is -2.35. The van der Waals surface area contributed by atoms with Crippen molar-refractivity contribution in [1.82, 2.24) is 30.1 Å². The summed E-state index contributed by atoms with van der Waals surface area (Å²) in [6, 6.07) is 12.3. The number of carbonyl (C=O) groups is 3. The van der Waals surface area contributed by atoms with E-state index in [1.165, 1.54) is 17.0 Å². The van der Waals surface area contributed by atoms with E-state index in [0.29, 0.717) is 5.39 Å². The fraction of sp³-hybridized carbons (Fsp3) is 0.364. The molecule has 3 heterocycles. The zero-order valence-corrected chi connectivity index (χ0v) is 25.8. The Labute approximate surface area is 263 Å². The number of para-hydroxylation sites is 1. The third-order valence-corrected chi connectivity index (χ3v) is 8.00. The van der Waals surface area contributed by atoms with Crippen LogP contribution in [-0.2, 0) is 22.3 Å². The molecule has 13 heteroatoms. The highest BCUT2D eigenvalue weighted by atomic mass is 19.4. The van der Waals surface area contributed by atoms with Crippen molar-refractivity contribution in [3.8, 4) is 5.69 Å². The number of aryl methyl sites for hydroxylation is 1. The molecule has 0 bridgehead atoms. The van der Waals surface area contributed by atoms with Crippen LogP contribution in [0.3, 0.4) is 0 Å². The van der Waals surface area contributed by atoms with Crippen LogP contribution >= 0.6 is 0 Å². The zero-order chi connectivity index (χ0) is 33.4. The summed E-state index contributed by atoms with van der Waals surface area (Å²) >= 11 is 0. The number of β-amino-alcohol motifs (C(OH)–C–C–N with tert-alkyl or cyclic N) is 1. The van der Waals surface area contributed by atoms with Crippen LogP contribution in [0.15, 0.2) is 67.0 Å². The Hall–Kier alpha value is -4.78. The first-order valence-corrected chi connectivity index (χ1v) is 14.8. The molecule has 1 aliphatic rings. The number of fused-ring (bicyclic) bond motifs is 1. The number of aliphatic hydroxyl groups excluding tert-OH is 1. The molecule has 0 unspecified atom stereocenters. The average molecular weight is 637 g/mol. The molecule has 2 aromatic carbocycles. The van der Waals surface area contributed by atoms with Gasteiger partial charge in [-0.3, -0.25) is 14.4 Å². The van der Waals surface area contributed by atoms with E-state index in [-0.39, 0.29) is 25.0 Å². The molecule has 46 heavy (non-hydrogen) atoms. The number of hydrogen-bond acceptors (Lipinski definition) is 6. The number of likely N-dealkylation sites (tertiary alicyclic amines) is 1. The molecule has 0 spiro atoms. The van der Waals surface area contributed by atoms with Gasteiger partial charge in [0.15, 0.2) is 5.69 Å². The van der Waals surface area contributed by atoms with Gasteiger partial charge in [0.2, 0.25) is 11.8 Å². The highest BCUT2D eigenvalue weighted by Crippen LogP contribution is 2.33. The maximum atomic E-state index is 14.0. The van der Waals surface area contributed by atoms with E-state index in [0.717, 1.165) is 23.1 Å². The molecule has 3 N–H and O–H groups in total. The lowest BCUT2D eigenvalue weighted by Crippen LogP contribution is -2.57. The minimum atomic E-state index is -4.93. The van der Waals surface area contributed by atoms with Gasteiger partial charge in [-0.05, 0) is 42.2 Å². The van der Waals surface area contributed by atoms with Gasteiger partial charge in [-0.2, -0.15) is 13.2 Å². The van der Waals surface area contributed by atoms with Crippen molar-refractivity contribution in [3.63, 3.8) is 0 Å². The van der Waals surface area contributed by atoms with Crippen LogP contribution in [0.1, 0.15) is 54.6 Å². The Morgan fingerprint density at radius 1 is 1.07 bits per heavy atom. The second kappa shape index (κ2) is 12.5. The first-order chi connectivity index (χ1) is 21.6. The summed E-state index contributed by atoms with van der Waals surface area (Å²) in [5, 5.41) is 16.1. The maximum Gasteiger partial charge on any atom is 0.434 e. The van der Waals surface area contributed by atoms with Crippen LogP contribution in [0.2, 0.25) is 0 Å². The van der Waals surface area contributed by atoms with Crippen LogP contribution in [0, 0.1) is 12.3 Å². The first-order valence-electron chi connectivity index (χ1n) is 14.8. The lowest BCUT2D eigenvalue weighted by atomic mass is 9.85. The standard InChI is InChI=1S/C33H35F3N6O4/c1-19-37-13-14-41(19)22-11-9-20(10-12-22)17-38-30(45)26-16-23(43)18-42(26)31(46)28(32(2,3)4)40-29(44)24-15-21-7-5-6-8-25(21)39-27(24)33(34,35)36/h5-15,23,26,28,43H,16-18H2,1-4H3,(H,38,45)(H,40,44)/t23-,26+,28-/m1/s1. The molecular weight excluding hydrogens is 601 g/mol. The number of benzene rings is 2. The Kier molecular flexibility index (Phi) is 8.89. The summed E-state index contributed by atoms with van der Waals surface area (Å²) in [7, 11) is 0. The van der Waals surface area contributed by atoms with Gasteiger partial charge in [-0.1, -0.05) is 51.1 Å². The number of aliphatic hydroxyl groups is 1. The minimum absolute atomic E-state index is 0.0337. The number of carbonyl (C=O) groups excluding carboxylic acids is 3. The van der Waals surface area contributed by atoms with Gasteiger partial charge in [0.1, 0.15) is 17.9 Å². The summed E-state index contributed by atoms with van der Waals surface area (Å²) in [6.45, 7) is 6.81. The van der Waals surface area contributed by atoms with Crippen LogP contribution in [-0.4, -0.2) is 67.0 Å². The van der Waals surface area contributed by atoms with Crippen molar-refractivity contribution in [2.75, 3.05) is 6.54 Å². The Bertz CT molecular complexity index is 1760. The topological polar surface area (TPSA) is 129 Å². The fourth-order valence-corrected chi connectivity index (χ4v) is 5.57. The molecule has 4 aromatic rings. The van der Waals surface area contributed by atoms with Crippen LogP contribution in [0.4, 0.5) is 13.2 Å². The number of amides is 3. The molecule has 10 nitrogen and oxygen atoms in total. The van der Waals surface area contributed by atoms with Crippen LogP contribution < -0.4 is 10.6 Å². The molecule has 0 aliphatic carbocycles. The quantitative estimate of drug-likeness (QED) is 0.279. The SMILES string of the molecule is Cc1nccn1-c1ccc(CNC(=O)[C@@H]2C[C@@H](O)CN2C(=O)[C@@H](NC(=O)c2cc3ccccc3nc2C(F)(F)F)C(C)(C)C)cc1. The summed E-state index contributed by atoms with van der Waals surface area (Å²) in [5.74, 6) is -1.50. The maximum absolute atomic E-state index is 14.0. The molecule has 0 saturated carbocycles. The van der Waals surface area contributed by atoms with E-state index in [4.69, 9.17) is 0 Å². The monoisotopic (exact) mass is 636 g/mol. The Balaban J connectivity index is 1.33. The largest absolute Gasteiger partial charge is 0.434 e. The zero-order valence-electron chi connectivity index (χ0n) is 25.8. The van der Waals surface area contributed by atoms with Gasteiger partial charge >= 0.3 is 6.18 Å². The van der Waals surface area contributed by atoms with E-state index in [1.807, 2.05) is 42.0 Å². The van der Waals surface area contributed by atoms with Crippen LogP contribution in [0.5, 0.6) is 0 Å². The molecule has 5 rings (SSSR count). The molecule has 3 atom stereocenters. The number of nitrogens with one attached hydrogen (secondary N) is 2. The summed E-state index contributed by atoms with van der Waals surface area (Å²) in [5.41, 5.74) is -1.30. The summed E-state index contributed by atoms with van der Waals surface area (Å²) in [6.07, 6.45) is -2.44. The molecule has 1 fully saturated rings. The average Bonchev–Trinajstić information content (AvgIpc) is 3.62. The predicted molar refractivity (Wildman–Crippen MR) is 164 cm³/mol. The number of rotatable bonds is 7. The van der Waals surface area contributed by atoms with Gasteiger partial charge in [0.05, 0.1) is 17.2 Å². The van der Waals surface area contributed by atoms with E-state index in [1.54, 1.807) is 39.1 Å². The van der Waals surface area contributed by atoms with Crippen molar-refractivity contribution in [1.29, 1.82) is 0 Å². The van der Waals surface area contributed by atoms with Gasteiger partial charge in [0.25, 0.3) is 5.91 Å². The third-order valence-electron chi connectivity index (χ3n) is 8.00. The molecule has 242 valence electrons. The number of imidazole rings is 1. The van der Waals surface area contributed by atoms with Gasteiger partial charge < -0.3 is 25.2 Å². The number of hydrogen-bond donors (Lipinski definition) is 3.